The van der Waals surface area contributed by atoms with Gasteiger partial charge in [-0.2, -0.15) is 0 Å². The predicted molar refractivity (Wildman–Crippen MR) is 44.6 cm³/mol. The lowest BCUT2D eigenvalue weighted by atomic mass is 10.2. The summed E-state index contributed by atoms with van der Waals surface area (Å²) in [5.41, 5.74) is 1.41. The number of rotatable bonds is 0. The van der Waals surface area contributed by atoms with Gasteiger partial charge in [0.05, 0.1) is 0 Å². The SMILES string of the molecule is CC1=C(C)S[C@@H](C)C=C1. The molecule has 0 N–H and O–H groups in total. The lowest BCUT2D eigenvalue weighted by molar-refractivity contribution is 1.22. The van der Waals surface area contributed by atoms with Crippen molar-refractivity contribution in [1.29, 1.82) is 0 Å². The Balaban J connectivity index is 2.75. The molecule has 9 heavy (non-hydrogen) atoms. The van der Waals surface area contributed by atoms with Crippen LogP contribution in [0.15, 0.2) is 22.6 Å². The van der Waals surface area contributed by atoms with Gasteiger partial charge in [-0.25, -0.2) is 0 Å². The van der Waals surface area contributed by atoms with Crippen LogP contribution in [0.4, 0.5) is 0 Å². The van der Waals surface area contributed by atoms with E-state index in [1.807, 2.05) is 11.8 Å². The van der Waals surface area contributed by atoms with E-state index in [0.29, 0.717) is 5.25 Å². The quantitative estimate of drug-likeness (QED) is 0.498. The van der Waals surface area contributed by atoms with E-state index in [2.05, 4.69) is 32.9 Å². The van der Waals surface area contributed by atoms with E-state index in [0.717, 1.165) is 0 Å². The molecule has 0 aliphatic carbocycles. The molecule has 0 amide bonds. The van der Waals surface area contributed by atoms with Gasteiger partial charge in [0.25, 0.3) is 0 Å². The first kappa shape index (κ1) is 6.94. The summed E-state index contributed by atoms with van der Waals surface area (Å²) < 4.78 is 0. The van der Waals surface area contributed by atoms with Gasteiger partial charge in [0.15, 0.2) is 0 Å². The van der Waals surface area contributed by atoms with Gasteiger partial charge in [-0.15, -0.1) is 11.8 Å². The zero-order valence-electron chi connectivity index (χ0n) is 6.14. The van der Waals surface area contributed by atoms with E-state index in [4.69, 9.17) is 0 Å². The maximum absolute atomic E-state index is 2.24. The molecule has 1 rings (SSSR count). The highest BCUT2D eigenvalue weighted by molar-refractivity contribution is 8.03. The molecule has 1 aliphatic heterocycles. The van der Waals surface area contributed by atoms with Crippen molar-refractivity contribution in [1.82, 2.24) is 0 Å². The molecule has 50 valence electrons. The molecular weight excluding hydrogens is 128 g/mol. The molecule has 0 aromatic carbocycles. The summed E-state index contributed by atoms with van der Waals surface area (Å²) in [5, 5.41) is 0.675. The van der Waals surface area contributed by atoms with Gasteiger partial charge >= 0.3 is 0 Å². The molecule has 0 spiro atoms. The van der Waals surface area contributed by atoms with Crippen molar-refractivity contribution in [3.63, 3.8) is 0 Å². The maximum Gasteiger partial charge on any atom is 0.0246 e. The second kappa shape index (κ2) is 2.61. The van der Waals surface area contributed by atoms with Crippen molar-refractivity contribution in [2.45, 2.75) is 26.0 Å². The Bertz CT molecular complexity index is 165. The van der Waals surface area contributed by atoms with E-state index in [-0.39, 0.29) is 0 Å². The highest BCUT2D eigenvalue weighted by Crippen LogP contribution is 2.29. The third-order valence-corrected chi connectivity index (χ3v) is 2.74. The largest absolute Gasteiger partial charge is 0.123 e. The molecule has 0 fully saturated rings. The molecule has 0 bridgehead atoms. The number of allylic oxidation sites excluding steroid dienone is 3. The molecule has 0 saturated carbocycles. The average Bonchev–Trinajstić information content (AvgIpc) is 1.80. The van der Waals surface area contributed by atoms with E-state index >= 15 is 0 Å². The Kier molecular flexibility index (Phi) is 2.01. The zero-order valence-corrected chi connectivity index (χ0v) is 6.96. The van der Waals surface area contributed by atoms with E-state index in [9.17, 15) is 0 Å². The monoisotopic (exact) mass is 140 g/mol. The maximum atomic E-state index is 2.24. The van der Waals surface area contributed by atoms with Crippen molar-refractivity contribution in [3.8, 4) is 0 Å². The molecular formula is C8H12S. The Morgan fingerprint density at radius 2 is 2.11 bits per heavy atom. The van der Waals surface area contributed by atoms with Crippen LogP contribution in [0.1, 0.15) is 20.8 Å². The molecule has 1 heterocycles. The summed E-state index contributed by atoms with van der Waals surface area (Å²) in [6, 6.07) is 0. The number of thioether (sulfide) groups is 1. The topological polar surface area (TPSA) is 0 Å². The van der Waals surface area contributed by atoms with Crippen LogP contribution in [0.3, 0.4) is 0 Å². The summed E-state index contributed by atoms with van der Waals surface area (Å²) in [6.45, 7) is 6.56. The van der Waals surface area contributed by atoms with Crippen molar-refractivity contribution >= 4 is 11.8 Å². The normalized spacial score (nSPS) is 27.2. The van der Waals surface area contributed by atoms with Crippen LogP contribution in [-0.2, 0) is 0 Å². The molecule has 0 nitrogen and oxygen atoms in total. The molecule has 0 aromatic heterocycles. The van der Waals surface area contributed by atoms with E-state index in [1.165, 1.54) is 10.5 Å². The van der Waals surface area contributed by atoms with Crippen LogP contribution in [-0.4, -0.2) is 5.25 Å². The van der Waals surface area contributed by atoms with Crippen LogP contribution in [0.5, 0.6) is 0 Å². The fourth-order valence-electron chi connectivity index (χ4n) is 0.808. The van der Waals surface area contributed by atoms with Crippen molar-refractivity contribution < 1.29 is 0 Å². The standard InChI is InChI=1S/C8H12S/c1-6-4-5-7(2)9-8(6)3/h4-5,7H,1-3H3/t7-/m0/s1. The summed E-state index contributed by atoms with van der Waals surface area (Å²) in [5.74, 6) is 0. The molecule has 0 saturated heterocycles. The fraction of sp³-hybridized carbons (Fsp3) is 0.500. The summed E-state index contributed by atoms with van der Waals surface area (Å²) >= 11 is 1.94. The van der Waals surface area contributed by atoms with E-state index < -0.39 is 0 Å². The molecule has 0 unspecified atom stereocenters. The first-order valence-corrected chi connectivity index (χ1v) is 4.10. The first-order chi connectivity index (χ1) is 4.20. The molecule has 1 aliphatic rings. The first-order valence-electron chi connectivity index (χ1n) is 3.22. The summed E-state index contributed by atoms with van der Waals surface area (Å²) in [6.07, 6.45) is 4.45. The van der Waals surface area contributed by atoms with Crippen molar-refractivity contribution in [2.24, 2.45) is 0 Å². The van der Waals surface area contributed by atoms with Gasteiger partial charge in [0.1, 0.15) is 0 Å². The van der Waals surface area contributed by atoms with Crippen molar-refractivity contribution in [3.05, 3.63) is 22.6 Å². The van der Waals surface area contributed by atoms with Gasteiger partial charge in [-0.1, -0.05) is 12.2 Å². The predicted octanol–water partition coefficient (Wildman–Crippen LogP) is 2.97. The minimum absolute atomic E-state index is 0.675. The fourth-order valence-corrected chi connectivity index (χ4v) is 1.78. The number of hydrogen-bond donors (Lipinski definition) is 0. The van der Waals surface area contributed by atoms with Crippen LogP contribution < -0.4 is 0 Å². The Hall–Kier alpha value is -0.170. The van der Waals surface area contributed by atoms with Gasteiger partial charge in [0, 0.05) is 5.25 Å². The van der Waals surface area contributed by atoms with Crippen LogP contribution in [0.2, 0.25) is 0 Å². The smallest absolute Gasteiger partial charge is 0.0246 e. The Labute approximate surface area is 61.0 Å². The van der Waals surface area contributed by atoms with Gasteiger partial charge < -0.3 is 0 Å². The van der Waals surface area contributed by atoms with Crippen LogP contribution in [0.25, 0.3) is 0 Å². The highest BCUT2D eigenvalue weighted by Gasteiger charge is 2.05. The molecule has 1 atom stereocenters. The van der Waals surface area contributed by atoms with Gasteiger partial charge in [-0.05, 0) is 31.2 Å². The summed E-state index contributed by atoms with van der Waals surface area (Å²) in [7, 11) is 0. The van der Waals surface area contributed by atoms with E-state index in [1.54, 1.807) is 0 Å². The van der Waals surface area contributed by atoms with Crippen LogP contribution in [0, 0.1) is 0 Å². The molecule has 1 heteroatoms. The zero-order chi connectivity index (χ0) is 6.85. The average molecular weight is 140 g/mol. The van der Waals surface area contributed by atoms with Crippen LogP contribution >= 0.6 is 11.8 Å². The van der Waals surface area contributed by atoms with Gasteiger partial charge in [0.2, 0.25) is 0 Å². The molecule has 0 aromatic rings. The number of hydrogen-bond acceptors (Lipinski definition) is 1. The second-order valence-corrected chi connectivity index (χ2v) is 4.01. The third kappa shape index (κ3) is 1.62. The van der Waals surface area contributed by atoms with Gasteiger partial charge in [-0.3, -0.25) is 0 Å². The summed E-state index contributed by atoms with van der Waals surface area (Å²) in [4.78, 5) is 1.46. The lowest BCUT2D eigenvalue weighted by Gasteiger charge is -2.13. The Morgan fingerprint density at radius 3 is 2.56 bits per heavy atom. The minimum Gasteiger partial charge on any atom is -0.123 e. The second-order valence-electron chi connectivity index (χ2n) is 2.42. The Morgan fingerprint density at radius 1 is 1.44 bits per heavy atom. The minimum atomic E-state index is 0.675. The highest BCUT2D eigenvalue weighted by atomic mass is 32.2. The third-order valence-electron chi connectivity index (χ3n) is 1.54. The lowest BCUT2D eigenvalue weighted by Crippen LogP contribution is -1.95. The molecule has 0 radical (unpaired) electrons. The van der Waals surface area contributed by atoms with Crippen molar-refractivity contribution in [2.75, 3.05) is 0 Å².